The summed E-state index contributed by atoms with van der Waals surface area (Å²) in [6.45, 7) is 0.733. The standard InChI is InChI=1S/C16H15F2N5O2/c1-25-8-2-3-23-7-13(19-14(23)4-8)15(24)22-16-20-11-5-9(17)10(18)6-12(11)21-16/h5-8H,2-4H2,1H3,(H2,20,21,22,24). The van der Waals surface area contributed by atoms with E-state index in [4.69, 9.17) is 4.74 Å². The second kappa shape index (κ2) is 5.92. The number of carbonyl (C=O) groups is 1. The van der Waals surface area contributed by atoms with E-state index in [0.717, 1.165) is 30.9 Å². The van der Waals surface area contributed by atoms with Crippen molar-refractivity contribution in [1.29, 1.82) is 0 Å². The van der Waals surface area contributed by atoms with Gasteiger partial charge in [0.05, 0.1) is 17.1 Å². The quantitative estimate of drug-likeness (QED) is 0.761. The van der Waals surface area contributed by atoms with Crippen molar-refractivity contribution in [1.82, 2.24) is 19.5 Å². The van der Waals surface area contributed by atoms with Gasteiger partial charge in [0.15, 0.2) is 11.6 Å². The van der Waals surface area contributed by atoms with Gasteiger partial charge < -0.3 is 14.3 Å². The van der Waals surface area contributed by atoms with Crippen LogP contribution in [-0.4, -0.2) is 38.6 Å². The average Bonchev–Trinajstić information content (AvgIpc) is 3.17. The number of hydrogen-bond donors (Lipinski definition) is 2. The third kappa shape index (κ3) is 2.86. The fraction of sp³-hybridized carbons (Fsp3) is 0.312. The van der Waals surface area contributed by atoms with Gasteiger partial charge in [-0.1, -0.05) is 0 Å². The number of amides is 1. The maximum atomic E-state index is 13.2. The zero-order valence-electron chi connectivity index (χ0n) is 13.3. The Labute approximate surface area is 141 Å². The minimum absolute atomic E-state index is 0.103. The van der Waals surface area contributed by atoms with E-state index in [1.807, 2.05) is 4.57 Å². The minimum atomic E-state index is -0.994. The number of ether oxygens (including phenoxy) is 1. The van der Waals surface area contributed by atoms with Crippen LogP contribution in [0.25, 0.3) is 11.0 Å². The molecule has 25 heavy (non-hydrogen) atoms. The number of carbonyl (C=O) groups excluding carboxylic acids is 1. The number of aryl methyl sites for hydroxylation is 1. The SMILES string of the molecule is COC1CCn2cc(C(=O)Nc3nc4cc(F)c(F)cc4[nH]3)nc2C1. The van der Waals surface area contributed by atoms with E-state index in [-0.39, 0.29) is 23.3 Å². The third-order valence-corrected chi connectivity index (χ3v) is 4.28. The number of methoxy groups -OCH3 is 1. The van der Waals surface area contributed by atoms with E-state index in [2.05, 4.69) is 20.3 Å². The fourth-order valence-electron chi connectivity index (χ4n) is 2.95. The van der Waals surface area contributed by atoms with Crippen molar-refractivity contribution in [3.8, 4) is 0 Å². The van der Waals surface area contributed by atoms with Gasteiger partial charge in [0.25, 0.3) is 5.91 Å². The maximum Gasteiger partial charge on any atom is 0.278 e. The zero-order chi connectivity index (χ0) is 17.6. The van der Waals surface area contributed by atoms with Gasteiger partial charge in [0.2, 0.25) is 5.95 Å². The lowest BCUT2D eigenvalue weighted by Gasteiger charge is -2.21. The number of imidazole rings is 2. The van der Waals surface area contributed by atoms with Crippen molar-refractivity contribution in [2.75, 3.05) is 12.4 Å². The van der Waals surface area contributed by atoms with Crippen molar-refractivity contribution in [3.05, 3.63) is 41.5 Å². The Morgan fingerprint density at radius 3 is 2.96 bits per heavy atom. The topological polar surface area (TPSA) is 84.8 Å². The third-order valence-electron chi connectivity index (χ3n) is 4.28. The van der Waals surface area contributed by atoms with E-state index in [0.29, 0.717) is 11.9 Å². The highest BCUT2D eigenvalue weighted by atomic mass is 19.2. The molecule has 1 unspecified atom stereocenters. The molecule has 130 valence electrons. The lowest BCUT2D eigenvalue weighted by Crippen LogP contribution is -2.24. The van der Waals surface area contributed by atoms with Gasteiger partial charge in [-0.3, -0.25) is 10.1 Å². The molecule has 1 amide bonds. The molecule has 1 aliphatic heterocycles. The predicted molar refractivity (Wildman–Crippen MR) is 85.3 cm³/mol. The van der Waals surface area contributed by atoms with E-state index < -0.39 is 17.5 Å². The summed E-state index contributed by atoms with van der Waals surface area (Å²) in [5.41, 5.74) is 0.770. The molecule has 1 aromatic carbocycles. The number of nitrogens with one attached hydrogen (secondary N) is 2. The van der Waals surface area contributed by atoms with Crippen LogP contribution in [0, 0.1) is 11.6 Å². The van der Waals surface area contributed by atoms with Crippen LogP contribution in [-0.2, 0) is 17.7 Å². The van der Waals surface area contributed by atoms with E-state index in [9.17, 15) is 13.6 Å². The molecule has 3 heterocycles. The highest BCUT2D eigenvalue weighted by molar-refractivity contribution is 6.02. The normalized spacial score (nSPS) is 16.8. The summed E-state index contributed by atoms with van der Waals surface area (Å²) < 4.78 is 33.7. The van der Waals surface area contributed by atoms with Crippen molar-refractivity contribution in [2.24, 2.45) is 0 Å². The molecule has 9 heteroatoms. The Balaban J connectivity index is 1.55. The van der Waals surface area contributed by atoms with Crippen LogP contribution >= 0.6 is 0 Å². The predicted octanol–water partition coefficient (Wildman–Crippen LogP) is 2.25. The molecule has 0 saturated heterocycles. The lowest BCUT2D eigenvalue weighted by molar-refractivity contribution is 0.0796. The second-order valence-corrected chi connectivity index (χ2v) is 5.91. The summed E-state index contributed by atoms with van der Waals surface area (Å²) in [6, 6.07) is 1.96. The number of nitrogens with zero attached hydrogens (tertiary/aromatic N) is 3. The van der Waals surface area contributed by atoms with Crippen LogP contribution in [0.2, 0.25) is 0 Å². The average molecular weight is 347 g/mol. The van der Waals surface area contributed by atoms with Crippen molar-refractivity contribution >= 4 is 22.9 Å². The molecular formula is C16H15F2N5O2. The largest absolute Gasteiger partial charge is 0.381 e. The molecule has 2 N–H and O–H groups in total. The first-order valence-corrected chi connectivity index (χ1v) is 7.78. The van der Waals surface area contributed by atoms with Crippen LogP contribution in [0.15, 0.2) is 18.3 Å². The van der Waals surface area contributed by atoms with Crippen LogP contribution in [0.1, 0.15) is 22.7 Å². The monoisotopic (exact) mass is 347 g/mol. The fourth-order valence-corrected chi connectivity index (χ4v) is 2.95. The van der Waals surface area contributed by atoms with Crippen LogP contribution < -0.4 is 5.32 Å². The molecule has 3 aromatic rings. The summed E-state index contributed by atoms with van der Waals surface area (Å²) in [5.74, 6) is -1.53. The first kappa shape index (κ1) is 15.7. The van der Waals surface area contributed by atoms with Crippen molar-refractivity contribution in [3.63, 3.8) is 0 Å². The molecular weight excluding hydrogens is 332 g/mol. The molecule has 0 aliphatic carbocycles. The lowest BCUT2D eigenvalue weighted by atomic mass is 10.1. The Kier molecular flexibility index (Phi) is 3.72. The summed E-state index contributed by atoms with van der Waals surface area (Å²) in [4.78, 5) is 23.5. The summed E-state index contributed by atoms with van der Waals surface area (Å²) >= 11 is 0. The molecule has 1 aliphatic rings. The summed E-state index contributed by atoms with van der Waals surface area (Å²) in [5, 5.41) is 2.56. The molecule has 0 radical (unpaired) electrons. The molecule has 2 aromatic heterocycles. The Hall–Kier alpha value is -2.81. The van der Waals surface area contributed by atoms with Gasteiger partial charge in [-0.15, -0.1) is 0 Å². The van der Waals surface area contributed by atoms with Crippen LogP contribution in [0.4, 0.5) is 14.7 Å². The van der Waals surface area contributed by atoms with Crippen molar-refractivity contribution in [2.45, 2.75) is 25.5 Å². The first-order chi connectivity index (χ1) is 12.0. The number of benzene rings is 1. The van der Waals surface area contributed by atoms with E-state index >= 15 is 0 Å². The Bertz CT molecular complexity index is 926. The number of halogens is 2. The summed E-state index contributed by atoms with van der Waals surface area (Å²) in [7, 11) is 1.66. The van der Waals surface area contributed by atoms with Crippen LogP contribution in [0.3, 0.4) is 0 Å². The number of fused-ring (bicyclic) bond motifs is 2. The number of anilines is 1. The smallest absolute Gasteiger partial charge is 0.278 e. The zero-order valence-corrected chi connectivity index (χ0v) is 13.3. The molecule has 4 rings (SSSR count). The molecule has 1 atom stereocenters. The van der Waals surface area contributed by atoms with Gasteiger partial charge in [-0.2, -0.15) is 0 Å². The number of H-pyrrole nitrogens is 1. The van der Waals surface area contributed by atoms with Gasteiger partial charge in [-0.05, 0) is 6.42 Å². The van der Waals surface area contributed by atoms with Crippen LogP contribution in [0.5, 0.6) is 0 Å². The first-order valence-electron chi connectivity index (χ1n) is 7.78. The number of hydrogen-bond acceptors (Lipinski definition) is 4. The number of aromatic amines is 1. The summed E-state index contributed by atoms with van der Waals surface area (Å²) in [6.07, 6.45) is 3.29. The molecule has 0 saturated carbocycles. The van der Waals surface area contributed by atoms with E-state index in [1.54, 1.807) is 13.3 Å². The van der Waals surface area contributed by atoms with Gasteiger partial charge >= 0.3 is 0 Å². The molecule has 7 nitrogen and oxygen atoms in total. The van der Waals surface area contributed by atoms with Gasteiger partial charge in [-0.25, -0.2) is 18.7 Å². The maximum absolute atomic E-state index is 13.2. The van der Waals surface area contributed by atoms with Gasteiger partial charge in [0, 0.05) is 38.4 Å². The van der Waals surface area contributed by atoms with Gasteiger partial charge in [0.1, 0.15) is 11.5 Å². The van der Waals surface area contributed by atoms with E-state index in [1.165, 1.54) is 0 Å². The Morgan fingerprint density at radius 1 is 1.36 bits per heavy atom. The number of rotatable bonds is 3. The highest BCUT2D eigenvalue weighted by Gasteiger charge is 2.23. The molecule has 0 bridgehead atoms. The molecule has 0 spiro atoms. The Morgan fingerprint density at radius 2 is 2.16 bits per heavy atom. The van der Waals surface area contributed by atoms with Crippen molar-refractivity contribution < 1.29 is 18.3 Å². The minimum Gasteiger partial charge on any atom is -0.381 e. The molecule has 0 fully saturated rings. The highest BCUT2D eigenvalue weighted by Crippen LogP contribution is 2.20. The number of aromatic nitrogens is 4. The second-order valence-electron chi connectivity index (χ2n) is 5.91.